The van der Waals surface area contributed by atoms with Gasteiger partial charge in [0.15, 0.2) is 5.78 Å². The van der Waals surface area contributed by atoms with Crippen molar-refractivity contribution in [2.45, 2.75) is 13.5 Å². The number of carbonyl (C=O) groups is 2. The fraction of sp³-hybridized carbons (Fsp3) is 0.364. The number of rotatable bonds is 4. The summed E-state index contributed by atoms with van der Waals surface area (Å²) in [6.45, 7) is 1.31. The second-order valence-corrected chi connectivity index (χ2v) is 3.39. The monoisotopic (exact) mass is 239 g/mol. The summed E-state index contributed by atoms with van der Waals surface area (Å²) in [4.78, 5) is 36.7. The van der Waals surface area contributed by atoms with Crippen molar-refractivity contribution in [3.8, 4) is 0 Å². The number of hydrogen-bond acceptors (Lipinski definition) is 5. The molecular weight excluding hydrogens is 226 g/mol. The first kappa shape index (κ1) is 13.1. The molecule has 92 valence electrons. The zero-order chi connectivity index (χ0) is 13.0. The van der Waals surface area contributed by atoms with E-state index in [1.165, 1.54) is 27.2 Å². The zero-order valence-electron chi connectivity index (χ0n) is 9.83. The molecule has 0 aliphatic rings. The minimum atomic E-state index is -0.629. The van der Waals surface area contributed by atoms with E-state index >= 15 is 0 Å². The minimum absolute atomic E-state index is 0.0534. The number of aromatic nitrogens is 1. The molecule has 6 nitrogen and oxygen atoms in total. The number of methoxy groups -OCH3 is 2. The molecule has 0 radical (unpaired) electrons. The number of Topliss-reactive ketones (excluding diaryl/α,β-unsaturated/α-hetero) is 1. The largest absolute Gasteiger partial charge is 0.465 e. The Morgan fingerprint density at radius 3 is 2.41 bits per heavy atom. The number of hydrogen-bond donors (Lipinski definition) is 1. The van der Waals surface area contributed by atoms with Gasteiger partial charge < -0.3 is 14.5 Å². The van der Waals surface area contributed by atoms with Gasteiger partial charge >= 0.3 is 5.97 Å². The molecule has 1 heterocycles. The van der Waals surface area contributed by atoms with Crippen molar-refractivity contribution >= 4 is 11.8 Å². The predicted octanol–water partition coefficient (Wildman–Crippen LogP) is 0.510. The number of carbonyl (C=O) groups excluding carboxylic acids is 2. The Hall–Kier alpha value is -1.95. The van der Waals surface area contributed by atoms with Crippen LogP contribution in [0.25, 0.3) is 0 Å². The van der Waals surface area contributed by atoms with Crippen LogP contribution in [0.4, 0.5) is 0 Å². The van der Waals surface area contributed by atoms with Crippen LogP contribution in [0, 0.1) is 0 Å². The summed E-state index contributed by atoms with van der Waals surface area (Å²) in [6, 6.07) is 1.22. The molecule has 0 bridgehead atoms. The highest BCUT2D eigenvalue weighted by Gasteiger charge is 2.17. The third-order valence-electron chi connectivity index (χ3n) is 2.20. The lowest BCUT2D eigenvalue weighted by atomic mass is 10.1. The van der Waals surface area contributed by atoms with Crippen LogP contribution in [-0.2, 0) is 16.1 Å². The summed E-state index contributed by atoms with van der Waals surface area (Å²) < 4.78 is 9.43. The molecule has 0 amide bonds. The second-order valence-electron chi connectivity index (χ2n) is 3.39. The van der Waals surface area contributed by atoms with Crippen molar-refractivity contribution in [2.75, 3.05) is 14.2 Å². The lowest BCUT2D eigenvalue weighted by molar-refractivity contribution is 0.0594. The average Bonchev–Trinajstić information content (AvgIpc) is 2.28. The maximum absolute atomic E-state index is 11.5. The van der Waals surface area contributed by atoms with Gasteiger partial charge in [-0.15, -0.1) is 0 Å². The Balaban J connectivity index is 3.41. The quantitative estimate of drug-likeness (QED) is 0.611. The summed E-state index contributed by atoms with van der Waals surface area (Å²) in [5, 5.41) is 0. The number of esters is 1. The van der Waals surface area contributed by atoms with E-state index in [-0.39, 0.29) is 23.4 Å². The molecule has 0 aliphatic carbocycles. The van der Waals surface area contributed by atoms with Crippen LogP contribution in [0.5, 0.6) is 0 Å². The van der Waals surface area contributed by atoms with Gasteiger partial charge in [-0.05, 0) is 13.0 Å². The van der Waals surface area contributed by atoms with Crippen molar-refractivity contribution in [3.05, 3.63) is 33.2 Å². The van der Waals surface area contributed by atoms with Gasteiger partial charge in [-0.1, -0.05) is 0 Å². The van der Waals surface area contributed by atoms with Crippen LogP contribution in [0.15, 0.2) is 10.9 Å². The molecule has 0 unspecified atom stereocenters. The van der Waals surface area contributed by atoms with E-state index in [0.29, 0.717) is 0 Å². The zero-order valence-corrected chi connectivity index (χ0v) is 9.83. The van der Waals surface area contributed by atoms with Crippen molar-refractivity contribution < 1.29 is 19.1 Å². The molecule has 0 fully saturated rings. The molecule has 0 atom stereocenters. The summed E-state index contributed by atoms with van der Waals surface area (Å²) in [5.74, 6) is -1.05. The lowest BCUT2D eigenvalue weighted by Crippen LogP contribution is -2.22. The van der Waals surface area contributed by atoms with Gasteiger partial charge in [0.25, 0.3) is 5.56 Å². The Morgan fingerprint density at radius 1 is 1.29 bits per heavy atom. The Labute approximate surface area is 97.6 Å². The van der Waals surface area contributed by atoms with E-state index in [1.807, 2.05) is 0 Å². The smallest absolute Gasteiger partial charge is 0.339 e. The average molecular weight is 239 g/mol. The first-order chi connectivity index (χ1) is 8.01. The number of nitrogens with one attached hydrogen (secondary N) is 1. The van der Waals surface area contributed by atoms with Gasteiger partial charge in [-0.3, -0.25) is 9.59 Å². The molecule has 0 aromatic carbocycles. The highest BCUT2D eigenvalue weighted by Crippen LogP contribution is 2.09. The van der Waals surface area contributed by atoms with E-state index in [2.05, 4.69) is 9.72 Å². The number of ether oxygens (including phenoxy) is 2. The Morgan fingerprint density at radius 2 is 1.94 bits per heavy atom. The highest BCUT2D eigenvalue weighted by molar-refractivity contribution is 5.97. The van der Waals surface area contributed by atoms with E-state index in [4.69, 9.17) is 4.74 Å². The molecule has 0 saturated heterocycles. The van der Waals surface area contributed by atoms with E-state index in [1.54, 1.807) is 0 Å². The first-order valence-corrected chi connectivity index (χ1v) is 4.85. The van der Waals surface area contributed by atoms with Gasteiger partial charge in [0.2, 0.25) is 0 Å². The maximum Gasteiger partial charge on any atom is 0.339 e. The Kier molecular flexibility index (Phi) is 4.17. The van der Waals surface area contributed by atoms with Crippen LogP contribution in [-0.4, -0.2) is 31.0 Å². The number of ketones is 1. The SMILES string of the molecule is COCc1[nH]c(=O)c(C(C)=O)cc1C(=O)OC. The standard InChI is InChI=1S/C11H13NO5/c1-6(13)7-4-8(11(15)17-3)9(5-16-2)12-10(7)14/h4H,5H2,1-3H3,(H,12,14). The molecule has 6 heteroatoms. The molecule has 17 heavy (non-hydrogen) atoms. The van der Waals surface area contributed by atoms with E-state index in [9.17, 15) is 14.4 Å². The summed E-state index contributed by atoms with van der Waals surface area (Å²) in [6.07, 6.45) is 0. The lowest BCUT2D eigenvalue weighted by Gasteiger charge is -2.08. The van der Waals surface area contributed by atoms with Crippen LogP contribution >= 0.6 is 0 Å². The second kappa shape index (κ2) is 5.40. The summed E-state index contributed by atoms with van der Waals surface area (Å²) in [5.41, 5.74) is -0.212. The fourth-order valence-corrected chi connectivity index (χ4v) is 1.38. The van der Waals surface area contributed by atoms with Crippen LogP contribution < -0.4 is 5.56 Å². The van der Waals surface area contributed by atoms with Crippen molar-refractivity contribution in [1.29, 1.82) is 0 Å². The Bertz CT molecular complexity index is 503. The van der Waals surface area contributed by atoms with Crippen molar-refractivity contribution in [3.63, 3.8) is 0 Å². The molecule has 0 spiro atoms. The molecule has 1 aromatic rings. The fourth-order valence-electron chi connectivity index (χ4n) is 1.38. The van der Waals surface area contributed by atoms with Gasteiger partial charge in [0, 0.05) is 7.11 Å². The highest BCUT2D eigenvalue weighted by atomic mass is 16.5. The third-order valence-corrected chi connectivity index (χ3v) is 2.20. The third kappa shape index (κ3) is 2.79. The molecule has 1 rings (SSSR count). The molecule has 1 N–H and O–H groups in total. The number of pyridine rings is 1. The summed E-state index contributed by atoms with van der Waals surface area (Å²) in [7, 11) is 2.65. The van der Waals surface area contributed by atoms with Crippen molar-refractivity contribution in [1.82, 2.24) is 4.98 Å². The van der Waals surface area contributed by atoms with E-state index in [0.717, 1.165) is 0 Å². The molecular formula is C11H13NO5. The van der Waals surface area contributed by atoms with Crippen LogP contribution in [0.2, 0.25) is 0 Å². The van der Waals surface area contributed by atoms with Gasteiger partial charge in [-0.2, -0.15) is 0 Å². The minimum Gasteiger partial charge on any atom is -0.465 e. The molecule has 1 aromatic heterocycles. The number of aromatic amines is 1. The summed E-state index contributed by atoms with van der Waals surface area (Å²) >= 11 is 0. The van der Waals surface area contributed by atoms with Crippen LogP contribution in [0.3, 0.4) is 0 Å². The maximum atomic E-state index is 11.5. The van der Waals surface area contributed by atoms with Gasteiger partial charge in [0.05, 0.1) is 30.5 Å². The van der Waals surface area contributed by atoms with Gasteiger partial charge in [0.1, 0.15) is 0 Å². The topological polar surface area (TPSA) is 85.5 Å². The normalized spacial score (nSPS) is 10.1. The van der Waals surface area contributed by atoms with Gasteiger partial charge in [-0.25, -0.2) is 4.79 Å². The van der Waals surface area contributed by atoms with E-state index < -0.39 is 17.3 Å². The van der Waals surface area contributed by atoms with Crippen LogP contribution in [0.1, 0.15) is 33.3 Å². The molecule has 0 aliphatic heterocycles. The predicted molar refractivity (Wildman–Crippen MR) is 59.1 cm³/mol. The van der Waals surface area contributed by atoms with Crippen molar-refractivity contribution in [2.24, 2.45) is 0 Å². The molecule has 0 saturated carbocycles. The first-order valence-electron chi connectivity index (χ1n) is 4.85. The number of H-pyrrole nitrogens is 1.